The molecule has 1 amide bonds. The molecule has 0 atom stereocenters. The molecule has 0 aromatic carbocycles. The number of thioether (sulfide) groups is 1. The Bertz CT molecular complexity index is 963. The molecule has 0 N–H and O–H groups in total. The van der Waals surface area contributed by atoms with Gasteiger partial charge >= 0.3 is 6.18 Å². The minimum Gasteiger partial charge on any atom is -0.339 e. The fourth-order valence-electron chi connectivity index (χ4n) is 2.49. The first-order valence-electron chi connectivity index (χ1n) is 7.99. The largest absolute Gasteiger partial charge is 0.417 e. The van der Waals surface area contributed by atoms with Crippen LogP contribution in [0.25, 0.3) is 4.96 Å². The summed E-state index contributed by atoms with van der Waals surface area (Å²) in [6.07, 6.45) is -1.64. The highest BCUT2D eigenvalue weighted by Crippen LogP contribution is 2.29. The summed E-state index contributed by atoms with van der Waals surface area (Å²) in [6.45, 7) is 4.31. The van der Waals surface area contributed by atoms with E-state index >= 15 is 0 Å². The highest BCUT2D eigenvalue weighted by molar-refractivity contribution is 7.99. The number of hydrogen-bond donors (Lipinski definition) is 0. The van der Waals surface area contributed by atoms with E-state index in [-0.39, 0.29) is 11.7 Å². The van der Waals surface area contributed by atoms with E-state index < -0.39 is 11.7 Å². The second-order valence-electron chi connectivity index (χ2n) is 6.06. The van der Waals surface area contributed by atoms with Crippen molar-refractivity contribution in [1.29, 1.82) is 0 Å². The van der Waals surface area contributed by atoms with Gasteiger partial charge in [0.25, 0.3) is 0 Å². The number of amides is 1. The smallest absolute Gasteiger partial charge is 0.339 e. The van der Waals surface area contributed by atoms with Gasteiger partial charge in [0.2, 0.25) is 5.91 Å². The zero-order chi connectivity index (χ0) is 19.8. The van der Waals surface area contributed by atoms with Gasteiger partial charge in [-0.2, -0.15) is 13.2 Å². The van der Waals surface area contributed by atoms with Gasteiger partial charge in [-0.05, 0) is 26.0 Å². The Labute approximate surface area is 162 Å². The van der Waals surface area contributed by atoms with Gasteiger partial charge < -0.3 is 4.90 Å². The lowest BCUT2D eigenvalue weighted by Gasteiger charge is -2.17. The first-order valence-corrected chi connectivity index (χ1v) is 9.79. The average molecular weight is 414 g/mol. The molecule has 0 bridgehead atoms. The van der Waals surface area contributed by atoms with Crippen molar-refractivity contribution in [3.8, 4) is 0 Å². The molecular weight excluding hydrogens is 397 g/mol. The Morgan fingerprint density at radius 1 is 1.33 bits per heavy atom. The van der Waals surface area contributed by atoms with E-state index in [1.807, 2.05) is 24.4 Å². The zero-order valence-electron chi connectivity index (χ0n) is 14.9. The molecule has 27 heavy (non-hydrogen) atoms. The van der Waals surface area contributed by atoms with Crippen molar-refractivity contribution in [1.82, 2.24) is 19.3 Å². The van der Waals surface area contributed by atoms with Gasteiger partial charge in [0.1, 0.15) is 0 Å². The van der Waals surface area contributed by atoms with E-state index in [4.69, 9.17) is 0 Å². The number of aromatic nitrogens is 3. The Morgan fingerprint density at radius 3 is 2.70 bits per heavy atom. The van der Waals surface area contributed by atoms with E-state index in [0.29, 0.717) is 11.6 Å². The Balaban J connectivity index is 1.61. The van der Waals surface area contributed by atoms with Crippen molar-refractivity contribution in [3.63, 3.8) is 0 Å². The number of pyridine rings is 1. The predicted octanol–water partition coefficient (Wildman–Crippen LogP) is 4.18. The minimum atomic E-state index is -4.42. The van der Waals surface area contributed by atoms with Gasteiger partial charge in [-0.25, -0.2) is 9.97 Å². The van der Waals surface area contributed by atoms with Gasteiger partial charge in [-0.1, -0.05) is 11.8 Å². The summed E-state index contributed by atoms with van der Waals surface area (Å²) < 4.78 is 39.6. The highest BCUT2D eigenvalue weighted by atomic mass is 32.2. The topological polar surface area (TPSA) is 50.5 Å². The summed E-state index contributed by atoms with van der Waals surface area (Å²) in [5.41, 5.74) is 1.02. The van der Waals surface area contributed by atoms with Crippen LogP contribution in [0, 0.1) is 13.8 Å². The Hall–Kier alpha value is -2.07. The van der Waals surface area contributed by atoms with Crippen LogP contribution in [0.1, 0.15) is 21.8 Å². The molecule has 3 heterocycles. The van der Waals surface area contributed by atoms with Gasteiger partial charge in [0, 0.05) is 24.3 Å². The molecule has 10 heteroatoms. The summed E-state index contributed by atoms with van der Waals surface area (Å²) in [6, 6.07) is 2.24. The number of alkyl halides is 3. The number of rotatable bonds is 5. The molecule has 5 nitrogen and oxygen atoms in total. The molecular formula is C17H17F3N4OS2. The first kappa shape index (κ1) is 19.7. The highest BCUT2D eigenvalue weighted by Gasteiger charge is 2.30. The van der Waals surface area contributed by atoms with Crippen molar-refractivity contribution < 1.29 is 18.0 Å². The number of nitrogens with zero attached hydrogens (tertiary/aromatic N) is 4. The van der Waals surface area contributed by atoms with E-state index in [0.717, 1.165) is 45.3 Å². The van der Waals surface area contributed by atoms with Crippen molar-refractivity contribution in [2.75, 3.05) is 12.8 Å². The standard InChI is InChI=1S/C17H17F3N4OS2/c1-10-7-24-13(11(2)22-16(24)27-10)8-23(3)15(25)9-26-14-5-4-12(6-21-14)17(18,19)20/h4-7H,8-9H2,1-3H3. The van der Waals surface area contributed by atoms with Gasteiger partial charge in [0.05, 0.1) is 34.3 Å². The zero-order valence-corrected chi connectivity index (χ0v) is 16.5. The Morgan fingerprint density at radius 2 is 2.07 bits per heavy atom. The number of carbonyl (C=O) groups is 1. The van der Waals surface area contributed by atoms with Crippen LogP contribution in [0.2, 0.25) is 0 Å². The molecule has 0 spiro atoms. The van der Waals surface area contributed by atoms with E-state index in [9.17, 15) is 18.0 Å². The van der Waals surface area contributed by atoms with Crippen molar-refractivity contribution in [2.45, 2.75) is 31.6 Å². The third-order valence-corrected chi connectivity index (χ3v) is 5.79. The SMILES string of the molecule is Cc1cn2c(CN(C)C(=O)CSc3ccc(C(F)(F)F)cn3)c(C)nc2s1. The molecule has 3 rings (SSSR count). The van der Waals surface area contributed by atoms with Crippen molar-refractivity contribution >= 4 is 34.0 Å². The lowest BCUT2D eigenvalue weighted by atomic mass is 10.3. The third-order valence-electron chi connectivity index (χ3n) is 3.96. The monoisotopic (exact) mass is 414 g/mol. The van der Waals surface area contributed by atoms with Gasteiger partial charge in [-0.3, -0.25) is 9.20 Å². The second kappa shape index (κ2) is 7.51. The minimum absolute atomic E-state index is 0.0958. The molecule has 0 fully saturated rings. The summed E-state index contributed by atoms with van der Waals surface area (Å²) in [4.78, 5) is 24.3. The lowest BCUT2D eigenvalue weighted by molar-refractivity contribution is -0.138. The molecule has 0 aliphatic carbocycles. The summed E-state index contributed by atoms with van der Waals surface area (Å²) in [7, 11) is 1.70. The summed E-state index contributed by atoms with van der Waals surface area (Å²) in [5.74, 6) is -0.0404. The molecule has 0 radical (unpaired) electrons. The van der Waals surface area contributed by atoms with Crippen LogP contribution in [-0.4, -0.2) is 38.0 Å². The van der Waals surface area contributed by atoms with Crippen molar-refractivity contribution in [2.24, 2.45) is 0 Å². The summed E-state index contributed by atoms with van der Waals surface area (Å²) >= 11 is 2.70. The molecule has 3 aromatic heterocycles. The molecule has 0 aliphatic rings. The van der Waals surface area contributed by atoms with Gasteiger partial charge in [-0.15, -0.1) is 11.3 Å². The molecule has 0 aliphatic heterocycles. The predicted molar refractivity (Wildman–Crippen MR) is 99.0 cm³/mol. The maximum atomic E-state index is 12.6. The van der Waals surface area contributed by atoms with Crippen LogP contribution in [0.4, 0.5) is 13.2 Å². The number of thiazole rings is 1. The van der Waals surface area contributed by atoms with E-state index in [2.05, 4.69) is 9.97 Å². The number of imidazole rings is 1. The number of carbonyl (C=O) groups excluding carboxylic acids is 1. The van der Waals surface area contributed by atoms with Crippen LogP contribution in [0.15, 0.2) is 29.6 Å². The summed E-state index contributed by atoms with van der Waals surface area (Å²) in [5, 5.41) is 0.376. The van der Waals surface area contributed by atoms with E-state index in [1.165, 1.54) is 6.07 Å². The normalized spacial score (nSPS) is 11.9. The first-order chi connectivity index (χ1) is 12.6. The fraction of sp³-hybridized carbons (Fsp3) is 0.353. The Kier molecular flexibility index (Phi) is 5.48. The fourth-order valence-corrected chi connectivity index (χ4v) is 4.16. The number of fused-ring (bicyclic) bond motifs is 1. The number of halogens is 3. The molecule has 3 aromatic rings. The van der Waals surface area contributed by atoms with Crippen LogP contribution >= 0.6 is 23.1 Å². The number of aryl methyl sites for hydroxylation is 2. The maximum absolute atomic E-state index is 12.6. The molecule has 144 valence electrons. The third kappa shape index (κ3) is 4.44. The molecule has 0 unspecified atom stereocenters. The molecule has 0 saturated heterocycles. The van der Waals surface area contributed by atoms with Crippen LogP contribution in [0.5, 0.6) is 0 Å². The van der Waals surface area contributed by atoms with Crippen molar-refractivity contribution in [3.05, 3.63) is 46.4 Å². The maximum Gasteiger partial charge on any atom is 0.417 e. The van der Waals surface area contributed by atoms with E-state index in [1.54, 1.807) is 23.3 Å². The van der Waals surface area contributed by atoms with Crippen LogP contribution < -0.4 is 0 Å². The van der Waals surface area contributed by atoms with Gasteiger partial charge in [0.15, 0.2) is 4.96 Å². The van der Waals surface area contributed by atoms with Crippen LogP contribution in [0.3, 0.4) is 0 Å². The quantitative estimate of drug-likeness (QED) is 0.588. The number of hydrogen-bond acceptors (Lipinski definition) is 5. The molecule has 0 saturated carbocycles. The van der Waals surface area contributed by atoms with Crippen LogP contribution in [-0.2, 0) is 17.5 Å². The average Bonchev–Trinajstić information content (AvgIpc) is 3.08. The lowest BCUT2D eigenvalue weighted by Crippen LogP contribution is -2.28. The second-order valence-corrected chi connectivity index (χ2v) is 8.27.